The summed E-state index contributed by atoms with van der Waals surface area (Å²) in [6.07, 6.45) is 1.27. The standard InChI is InChI=1S/C13H13N3O4/c1-20-9-4-2-8(3-5-9)6-11(17)15-10-7-14-13(19)16-12(10)18/h2-5,7H,6H2,1H3,(H,15,17)(H2,14,16,18,19). The van der Waals surface area contributed by atoms with E-state index in [1.807, 2.05) is 4.98 Å². The Hall–Kier alpha value is -2.83. The average molecular weight is 275 g/mol. The Morgan fingerprint density at radius 2 is 1.95 bits per heavy atom. The lowest BCUT2D eigenvalue weighted by Gasteiger charge is -2.05. The van der Waals surface area contributed by atoms with Crippen molar-refractivity contribution in [2.24, 2.45) is 0 Å². The first-order valence-electron chi connectivity index (χ1n) is 5.83. The Labute approximate surface area is 113 Å². The molecule has 1 amide bonds. The van der Waals surface area contributed by atoms with Crippen LogP contribution in [-0.4, -0.2) is 23.0 Å². The summed E-state index contributed by atoms with van der Waals surface area (Å²) in [6.45, 7) is 0. The maximum atomic E-state index is 11.8. The van der Waals surface area contributed by atoms with Gasteiger partial charge in [-0.15, -0.1) is 0 Å². The van der Waals surface area contributed by atoms with Crippen molar-refractivity contribution in [1.82, 2.24) is 9.97 Å². The number of H-pyrrole nitrogens is 2. The van der Waals surface area contributed by atoms with E-state index in [2.05, 4.69) is 10.3 Å². The number of hydrogen-bond acceptors (Lipinski definition) is 4. The molecule has 0 saturated heterocycles. The molecule has 20 heavy (non-hydrogen) atoms. The maximum absolute atomic E-state index is 11.8. The van der Waals surface area contributed by atoms with Crippen LogP contribution in [0.4, 0.5) is 5.69 Å². The van der Waals surface area contributed by atoms with Crippen LogP contribution in [0.2, 0.25) is 0 Å². The Bertz CT molecular complexity index is 715. The number of aromatic amines is 2. The fraction of sp³-hybridized carbons (Fsp3) is 0.154. The molecule has 0 radical (unpaired) electrons. The highest BCUT2D eigenvalue weighted by molar-refractivity contribution is 5.91. The second-order valence-corrected chi connectivity index (χ2v) is 4.06. The van der Waals surface area contributed by atoms with Crippen LogP contribution in [0, 0.1) is 0 Å². The summed E-state index contributed by atoms with van der Waals surface area (Å²) in [5.41, 5.74) is -0.479. The number of rotatable bonds is 4. The smallest absolute Gasteiger partial charge is 0.325 e. The molecule has 0 spiro atoms. The predicted octanol–water partition coefficient (Wildman–Crippen LogP) is 0.253. The molecule has 0 saturated carbocycles. The van der Waals surface area contributed by atoms with Crippen LogP contribution in [0.3, 0.4) is 0 Å². The van der Waals surface area contributed by atoms with Gasteiger partial charge >= 0.3 is 5.69 Å². The molecule has 0 atom stereocenters. The van der Waals surface area contributed by atoms with Crippen molar-refractivity contribution in [2.75, 3.05) is 12.4 Å². The predicted molar refractivity (Wildman–Crippen MR) is 73.0 cm³/mol. The molecule has 2 rings (SSSR count). The molecular formula is C13H13N3O4. The van der Waals surface area contributed by atoms with E-state index in [1.165, 1.54) is 0 Å². The number of carbonyl (C=O) groups excluding carboxylic acids is 1. The van der Waals surface area contributed by atoms with Crippen LogP contribution >= 0.6 is 0 Å². The minimum Gasteiger partial charge on any atom is -0.497 e. The molecule has 104 valence electrons. The molecule has 0 fully saturated rings. The molecule has 0 aliphatic rings. The largest absolute Gasteiger partial charge is 0.497 e. The summed E-state index contributed by atoms with van der Waals surface area (Å²) in [7, 11) is 1.56. The summed E-state index contributed by atoms with van der Waals surface area (Å²) in [6, 6.07) is 7.01. The fourth-order valence-electron chi connectivity index (χ4n) is 1.63. The first kappa shape index (κ1) is 13.6. The van der Waals surface area contributed by atoms with Crippen LogP contribution < -0.4 is 21.3 Å². The monoisotopic (exact) mass is 275 g/mol. The third-order valence-electron chi connectivity index (χ3n) is 2.62. The van der Waals surface area contributed by atoms with Gasteiger partial charge in [-0.2, -0.15) is 0 Å². The zero-order chi connectivity index (χ0) is 14.5. The molecule has 1 heterocycles. The van der Waals surface area contributed by atoms with Crippen LogP contribution in [0.15, 0.2) is 40.1 Å². The second kappa shape index (κ2) is 5.87. The van der Waals surface area contributed by atoms with Gasteiger partial charge in [-0.25, -0.2) is 4.79 Å². The van der Waals surface area contributed by atoms with Crippen molar-refractivity contribution in [3.63, 3.8) is 0 Å². The molecule has 2 aromatic rings. The number of anilines is 1. The summed E-state index contributed by atoms with van der Waals surface area (Å²) in [5, 5.41) is 2.43. The summed E-state index contributed by atoms with van der Waals surface area (Å²) in [5.74, 6) is 0.346. The number of benzene rings is 1. The molecule has 0 aliphatic carbocycles. The van der Waals surface area contributed by atoms with E-state index < -0.39 is 11.2 Å². The minimum atomic E-state index is -0.642. The van der Waals surface area contributed by atoms with Crippen molar-refractivity contribution in [1.29, 1.82) is 0 Å². The lowest BCUT2D eigenvalue weighted by Crippen LogP contribution is -2.27. The lowest BCUT2D eigenvalue weighted by molar-refractivity contribution is -0.115. The van der Waals surface area contributed by atoms with Gasteiger partial charge in [-0.05, 0) is 17.7 Å². The van der Waals surface area contributed by atoms with Gasteiger partial charge in [0.25, 0.3) is 5.56 Å². The van der Waals surface area contributed by atoms with Crippen molar-refractivity contribution < 1.29 is 9.53 Å². The molecule has 7 nitrogen and oxygen atoms in total. The molecule has 1 aromatic heterocycles. The van der Waals surface area contributed by atoms with Gasteiger partial charge in [0.15, 0.2) is 0 Å². The number of methoxy groups -OCH3 is 1. The minimum absolute atomic E-state index is 0.00288. The van der Waals surface area contributed by atoms with Gasteiger partial charge in [0.05, 0.1) is 13.5 Å². The van der Waals surface area contributed by atoms with Crippen molar-refractivity contribution in [2.45, 2.75) is 6.42 Å². The normalized spacial score (nSPS) is 10.1. The highest BCUT2D eigenvalue weighted by Gasteiger charge is 2.07. The number of hydrogen-bond donors (Lipinski definition) is 3. The highest BCUT2D eigenvalue weighted by atomic mass is 16.5. The van der Waals surface area contributed by atoms with E-state index in [1.54, 1.807) is 31.4 Å². The molecule has 1 aromatic carbocycles. The van der Waals surface area contributed by atoms with E-state index in [4.69, 9.17) is 4.74 Å². The quantitative estimate of drug-likeness (QED) is 0.744. The van der Waals surface area contributed by atoms with Crippen LogP contribution in [-0.2, 0) is 11.2 Å². The molecule has 0 aliphatic heterocycles. The Morgan fingerprint density at radius 3 is 2.55 bits per heavy atom. The van der Waals surface area contributed by atoms with Gasteiger partial charge < -0.3 is 15.0 Å². The fourth-order valence-corrected chi connectivity index (χ4v) is 1.63. The van der Waals surface area contributed by atoms with Crippen LogP contribution in [0.25, 0.3) is 0 Å². The Kier molecular flexibility index (Phi) is 3.99. The molecular weight excluding hydrogens is 262 g/mol. The van der Waals surface area contributed by atoms with E-state index in [9.17, 15) is 14.4 Å². The first-order valence-corrected chi connectivity index (χ1v) is 5.83. The van der Waals surface area contributed by atoms with Crippen molar-refractivity contribution in [3.05, 3.63) is 56.9 Å². The van der Waals surface area contributed by atoms with Crippen LogP contribution in [0.1, 0.15) is 5.56 Å². The average Bonchev–Trinajstić information content (AvgIpc) is 2.43. The number of carbonyl (C=O) groups is 1. The summed E-state index contributed by atoms with van der Waals surface area (Å²) >= 11 is 0. The second-order valence-electron chi connectivity index (χ2n) is 4.06. The van der Waals surface area contributed by atoms with Gasteiger partial charge in [-0.3, -0.25) is 14.6 Å². The first-order chi connectivity index (χ1) is 9.58. The summed E-state index contributed by atoms with van der Waals surface area (Å²) in [4.78, 5) is 38.3. The number of amides is 1. The topological polar surface area (TPSA) is 104 Å². The van der Waals surface area contributed by atoms with E-state index in [-0.39, 0.29) is 18.0 Å². The number of aromatic nitrogens is 2. The van der Waals surface area contributed by atoms with Gasteiger partial charge in [0.1, 0.15) is 11.4 Å². The van der Waals surface area contributed by atoms with Crippen LogP contribution in [0.5, 0.6) is 5.75 Å². The summed E-state index contributed by atoms with van der Waals surface area (Å²) < 4.78 is 5.02. The number of nitrogens with one attached hydrogen (secondary N) is 3. The lowest BCUT2D eigenvalue weighted by atomic mass is 10.1. The van der Waals surface area contributed by atoms with Crippen molar-refractivity contribution in [3.8, 4) is 5.75 Å². The zero-order valence-electron chi connectivity index (χ0n) is 10.7. The van der Waals surface area contributed by atoms with E-state index in [0.717, 1.165) is 11.8 Å². The third kappa shape index (κ3) is 3.35. The molecule has 7 heteroatoms. The zero-order valence-corrected chi connectivity index (χ0v) is 10.7. The number of ether oxygens (including phenoxy) is 1. The molecule has 0 unspecified atom stereocenters. The van der Waals surface area contributed by atoms with E-state index in [0.29, 0.717) is 5.75 Å². The SMILES string of the molecule is COc1ccc(CC(=O)Nc2c[nH]c(=O)[nH]c2=O)cc1. The third-order valence-corrected chi connectivity index (χ3v) is 2.62. The van der Waals surface area contributed by atoms with Gasteiger partial charge in [0.2, 0.25) is 5.91 Å². The highest BCUT2D eigenvalue weighted by Crippen LogP contribution is 2.11. The molecule has 0 bridgehead atoms. The Morgan fingerprint density at radius 1 is 1.25 bits per heavy atom. The van der Waals surface area contributed by atoms with Gasteiger partial charge in [0, 0.05) is 6.20 Å². The van der Waals surface area contributed by atoms with Crippen molar-refractivity contribution >= 4 is 11.6 Å². The Balaban J connectivity index is 2.04. The van der Waals surface area contributed by atoms with Gasteiger partial charge in [-0.1, -0.05) is 12.1 Å². The molecule has 3 N–H and O–H groups in total. The van der Waals surface area contributed by atoms with E-state index >= 15 is 0 Å². The maximum Gasteiger partial charge on any atom is 0.325 e.